The van der Waals surface area contributed by atoms with E-state index >= 15 is 0 Å². The van der Waals surface area contributed by atoms with Crippen molar-refractivity contribution in [3.63, 3.8) is 0 Å². The summed E-state index contributed by atoms with van der Waals surface area (Å²) >= 11 is 9.22. The number of carboxylic acid groups (broad SMARTS) is 1. The highest BCUT2D eigenvalue weighted by molar-refractivity contribution is 9.10. The van der Waals surface area contributed by atoms with Crippen molar-refractivity contribution in [1.29, 1.82) is 0 Å². The van der Waals surface area contributed by atoms with Crippen molar-refractivity contribution in [2.75, 3.05) is 6.61 Å². The van der Waals surface area contributed by atoms with Crippen LogP contribution in [0.15, 0.2) is 22.7 Å². The predicted molar refractivity (Wildman–Crippen MR) is 79.1 cm³/mol. The van der Waals surface area contributed by atoms with Gasteiger partial charge in [0.15, 0.2) is 6.61 Å². The van der Waals surface area contributed by atoms with Gasteiger partial charge < -0.3 is 15.2 Å². The largest absolute Gasteiger partial charge is 0.482 e. The molecule has 0 fully saturated rings. The second-order valence-electron chi connectivity index (χ2n) is 4.13. The first kappa shape index (κ1) is 16.8. The van der Waals surface area contributed by atoms with Crippen LogP contribution >= 0.6 is 27.5 Å². The lowest BCUT2D eigenvalue weighted by atomic mass is 10.1. The monoisotopic (exact) mass is 363 g/mol. The van der Waals surface area contributed by atoms with E-state index in [1.807, 2.05) is 0 Å². The lowest BCUT2D eigenvalue weighted by Gasteiger charge is -2.15. The van der Waals surface area contributed by atoms with Gasteiger partial charge in [0.25, 0.3) is 5.91 Å². The van der Waals surface area contributed by atoms with E-state index in [2.05, 4.69) is 21.2 Å². The van der Waals surface area contributed by atoms with Crippen LogP contribution in [0.5, 0.6) is 5.75 Å². The van der Waals surface area contributed by atoms with Gasteiger partial charge in [0.1, 0.15) is 5.75 Å². The summed E-state index contributed by atoms with van der Waals surface area (Å²) < 4.78 is 6.10. The lowest BCUT2D eigenvalue weighted by Crippen LogP contribution is -2.38. The van der Waals surface area contributed by atoms with Crippen LogP contribution in [-0.2, 0) is 9.59 Å². The number of hydrogen-bond donors (Lipinski definition) is 2. The zero-order valence-corrected chi connectivity index (χ0v) is 13.2. The molecule has 0 aliphatic carbocycles. The molecule has 0 spiro atoms. The van der Waals surface area contributed by atoms with Crippen LogP contribution in [-0.4, -0.2) is 29.6 Å². The minimum atomic E-state index is -0.950. The Morgan fingerprint density at radius 2 is 2.20 bits per heavy atom. The minimum absolute atomic E-state index is 0.110. The van der Waals surface area contributed by atoms with Gasteiger partial charge in [-0.3, -0.25) is 9.59 Å². The van der Waals surface area contributed by atoms with Crippen molar-refractivity contribution in [2.24, 2.45) is 0 Å². The number of hydrogen-bond acceptors (Lipinski definition) is 3. The number of carbonyl (C=O) groups is 2. The van der Waals surface area contributed by atoms with Gasteiger partial charge in [-0.25, -0.2) is 0 Å². The molecule has 0 aliphatic rings. The summed E-state index contributed by atoms with van der Waals surface area (Å²) in [5.74, 6) is -0.928. The quantitative estimate of drug-likeness (QED) is 0.780. The number of nitrogens with one attached hydrogen (secondary N) is 1. The molecule has 1 unspecified atom stereocenters. The zero-order chi connectivity index (χ0) is 15.1. The molecular weight excluding hydrogens is 350 g/mol. The summed E-state index contributed by atoms with van der Waals surface area (Å²) in [6, 6.07) is 4.66. The summed E-state index contributed by atoms with van der Waals surface area (Å²) in [6.45, 7) is 1.60. The van der Waals surface area contributed by atoms with Crippen molar-refractivity contribution in [3.8, 4) is 5.75 Å². The SMILES string of the molecule is CCC(CC(=O)O)NC(=O)COc1ccc(Br)cc1Cl. The van der Waals surface area contributed by atoms with E-state index in [0.717, 1.165) is 4.47 Å². The highest BCUT2D eigenvalue weighted by Gasteiger charge is 2.14. The van der Waals surface area contributed by atoms with Crippen LogP contribution in [0, 0.1) is 0 Å². The number of halogens is 2. The lowest BCUT2D eigenvalue weighted by molar-refractivity contribution is -0.137. The normalized spacial score (nSPS) is 11.8. The molecule has 20 heavy (non-hydrogen) atoms. The van der Waals surface area contributed by atoms with Crippen LogP contribution in [0.2, 0.25) is 5.02 Å². The summed E-state index contributed by atoms with van der Waals surface area (Å²) in [4.78, 5) is 22.3. The van der Waals surface area contributed by atoms with Crippen molar-refractivity contribution in [3.05, 3.63) is 27.7 Å². The molecule has 1 aromatic rings. The highest BCUT2D eigenvalue weighted by Crippen LogP contribution is 2.27. The van der Waals surface area contributed by atoms with Crippen LogP contribution < -0.4 is 10.1 Å². The molecule has 0 bridgehead atoms. The number of benzene rings is 1. The fraction of sp³-hybridized carbons (Fsp3) is 0.385. The van der Waals surface area contributed by atoms with Gasteiger partial charge in [-0.2, -0.15) is 0 Å². The molecule has 5 nitrogen and oxygen atoms in total. The van der Waals surface area contributed by atoms with Crippen molar-refractivity contribution in [2.45, 2.75) is 25.8 Å². The molecule has 0 aromatic heterocycles. The highest BCUT2D eigenvalue weighted by atomic mass is 79.9. The smallest absolute Gasteiger partial charge is 0.305 e. The van der Waals surface area contributed by atoms with E-state index < -0.39 is 12.0 Å². The van der Waals surface area contributed by atoms with E-state index in [0.29, 0.717) is 17.2 Å². The maximum absolute atomic E-state index is 11.7. The average Bonchev–Trinajstić information content (AvgIpc) is 2.36. The Hall–Kier alpha value is -1.27. The summed E-state index contributed by atoms with van der Waals surface area (Å²) in [5, 5.41) is 11.7. The molecule has 1 amide bonds. The third-order valence-electron chi connectivity index (χ3n) is 2.53. The van der Waals surface area contributed by atoms with E-state index in [4.69, 9.17) is 21.4 Å². The first-order valence-corrected chi connectivity index (χ1v) is 7.18. The number of carboxylic acids is 1. The average molecular weight is 365 g/mol. The third-order valence-corrected chi connectivity index (χ3v) is 3.32. The Morgan fingerprint density at radius 3 is 2.75 bits per heavy atom. The molecule has 1 atom stereocenters. The van der Waals surface area contributed by atoms with Crippen molar-refractivity contribution in [1.82, 2.24) is 5.32 Å². The van der Waals surface area contributed by atoms with Crippen LogP contribution in [0.1, 0.15) is 19.8 Å². The Labute approximate surface area is 130 Å². The molecule has 0 saturated carbocycles. The number of aliphatic carboxylic acids is 1. The Morgan fingerprint density at radius 1 is 1.50 bits per heavy atom. The second kappa shape index (κ2) is 8.11. The summed E-state index contributed by atoms with van der Waals surface area (Å²) in [7, 11) is 0. The van der Waals surface area contributed by atoms with Gasteiger partial charge in [0.2, 0.25) is 0 Å². The Balaban J connectivity index is 2.48. The molecule has 7 heteroatoms. The van der Waals surface area contributed by atoms with Gasteiger partial charge in [-0.1, -0.05) is 34.5 Å². The number of ether oxygens (including phenoxy) is 1. The summed E-state index contributed by atoms with van der Waals surface area (Å²) in [6.07, 6.45) is 0.429. The van der Waals surface area contributed by atoms with Gasteiger partial charge in [0.05, 0.1) is 11.4 Å². The van der Waals surface area contributed by atoms with Crippen LogP contribution in [0.3, 0.4) is 0 Å². The van der Waals surface area contributed by atoms with Gasteiger partial charge in [-0.05, 0) is 24.6 Å². The minimum Gasteiger partial charge on any atom is -0.482 e. The second-order valence-corrected chi connectivity index (χ2v) is 5.46. The standard InChI is InChI=1S/C13H15BrClNO4/c1-2-9(6-13(18)19)16-12(17)7-20-11-4-3-8(14)5-10(11)15/h3-5,9H,2,6-7H2,1H3,(H,16,17)(H,18,19). The molecular formula is C13H15BrClNO4. The molecule has 110 valence electrons. The zero-order valence-electron chi connectivity index (χ0n) is 10.9. The van der Waals surface area contributed by atoms with E-state index in [1.165, 1.54) is 0 Å². The van der Waals surface area contributed by atoms with Crippen molar-refractivity contribution < 1.29 is 19.4 Å². The number of amides is 1. The first-order valence-electron chi connectivity index (χ1n) is 6.01. The topological polar surface area (TPSA) is 75.6 Å². The van der Waals surface area contributed by atoms with Gasteiger partial charge >= 0.3 is 5.97 Å². The Bertz CT molecular complexity index is 495. The van der Waals surface area contributed by atoms with Crippen LogP contribution in [0.25, 0.3) is 0 Å². The molecule has 0 aliphatic heterocycles. The molecule has 1 rings (SSSR count). The van der Waals surface area contributed by atoms with E-state index in [9.17, 15) is 9.59 Å². The number of rotatable bonds is 7. The number of carbonyl (C=O) groups excluding carboxylic acids is 1. The van der Waals surface area contributed by atoms with E-state index in [-0.39, 0.29) is 18.9 Å². The molecule has 0 saturated heterocycles. The van der Waals surface area contributed by atoms with Gasteiger partial charge in [-0.15, -0.1) is 0 Å². The molecule has 0 heterocycles. The fourth-order valence-corrected chi connectivity index (χ4v) is 2.24. The molecule has 0 radical (unpaired) electrons. The first-order chi connectivity index (χ1) is 9.42. The fourth-order valence-electron chi connectivity index (χ4n) is 1.51. The van der Waals surface area contributed by atoms with E-state index in [1.54, 1.807) is 25.1 Å². The predicted octanol–water partition coefficient (Wildman–Crippen LogP) is 2.85. The Kier molecular flexibility index (Phi) is 6.81. The molecule has 2 N–H and O–H groups in total. The van der Waals surface area contributed by atoms with Crippen LogP contribution in [0.4, 0.5) is 0 Å². The maximum Gasteiger partial charge on any atom is 0.305 e. The molecule has 1 aromatic carbocycles. The van der Waals surface area contributed by atoms with Crippen molar-refractivity contribution >= 4 is 39.4 Å². The van der Waals surface area contributed by atoms with Gasteiger partial charge in [0, 0.05) is 10.5 Å². The third kappa shape index (κ3) is 5.79. The summed E-state index contributed by atoms with van der Waals surface area (Å²) in [5.41, 5.74) is 0. The maximum atomic E-state index is 11.7.